The second-order valence-electron chi connectivity index (χ2n) is 6.49. The predicted molar refractivity (Wildman–Crippen MR) is 91.9 cm³/mol. The minimum Gasteiger partial charge on any atom is -0.870 e. The molecule has 1 saturated carbocycles. The average Bonchev–Trinajstić information content (AvgIpc) is 3.20. The fourth-order valence-electron chi connectivity index (χ4n) is 3.96. The van der Waals surface area contributed by atoms with Crippen LogP contribution < -0.4 is 29.6 Å². The van der Waals surface area contributed by atoms with Crippen LogP contribution in [-0.2, 0) is 11.2 Å². The number of nitriles is 1. The van der Waals surface area contributed by atoms with Crippen LogP contribution in [0, 0.1) is 17.2 Å². The molecule has 0 radical (unpaired) electrons. The van der Waals surface area contributed by atoms with E-state index in [2.05, 4.69) is 25.6 Å². The average molecular weight is 360 g/mol. The maximum atomic E-state index is 11.0. The molecule has 8 heteroatoms. The SMILES string of the molecule is N#CCC1CCC(n2c(C[C-]=O)nc3cnc4[nH]ccc4c32)CC1.[Na+].[OH-]. The van der Waals surface area contributed by atoms with Crippen molar-refractivity contribution in [2.24, 2.45) is 5.92 Å². The molecule has 3 aromatic heterocycles. The Bertz CT molecular complexity index is 934. The zero-order chi connectivity index (χ0) is 16.5. The summed E-state index contributed by atoms with van der Waals surface area (Å²) in [5.74, 6) is 1.26. The van der Waals surface area contributed by atoms with Crippen LogP contribution in [0.15, 0.2) is 18.5 Å². The fraction of sp³-hybridized carbons (Fsp3) is 0.444. The number of H-pyrrole nitrogens is 1. The van der Waals surface area contributed by atoms with Crippen LogP contribution in [0.25, 0.3) is 22.1 Å². The first kappa shape index (κ1) is 20.6. The van der Waals surface area contributed by atoms with Crippen LogP contribution in [0.5, 0.6) is 0 Å². The number of nitrogens with one attached hydrogen (secondary N) is 1. The summed E-state index contributed by atoms with van der Waals surface area (Å²) < 4.78 is 2.22. The Labute approximate surface area is 173 Å². The number of carbonyl (C=O) groups excluding carboxylic acids is 1. The van der Waals surface area contributed by atoms with Gasteiger partial charge in [-0.2, -0.15) is 5.26 Å². The van der Waals surface area contributed by atoms with Crippen molar-refractivity contribution in [1.29, 1.82) is 5.26 Å². The molecule has 1 aliphatic carbocycles. The zero-order valence-corrected chi connectivity index (χ0v) is 16.8. The van der Waals surface area contributed by atoms with E-state index in [1.807, 2.05) is 18.5 Å². The smallest absolute Gasteiger partial charge is 0.870 e. The number of rotatable bonds is 4. The monoisotopic (exact) mass is 360 g/mol. The van der Waals surface area contributed by atoms with Crippen molar-refractivity contribution in [2.45, 2.75) is 44.6 Å². The molecular formula is C18H19N5NaO2-. The van der Waals surface area contributed by atoms with Gasteiger partial charge in [0, 0.05) is 24.0 Å². The number of imidazole rings is 1. The van der Waals surface area contributed by atoms with Crippen molar-refractivity contribution in [2.75, 3.05) is 0 Å². The summed E-state index contributed by atoms with van der Waals surface area (Å²) in [6, 6.07) is 4.61. The van der Waals surface area contributed by atoms with Crippen molar-refractivity contribution >= 4 is 28.4 Å². The second kappa shape index (κ2) is 8.78. The minimum absolute atomic E-state index is 0. The molecule has 1 aliphatic rings. The molecule has 4 rings (SSSR count). The molecule has 0 bridgehead atoms. The molecule has 1 fully saturated rings. The number of aromatic nitrogens is 4. The van der Waals surface area contributed by atoms with E-state index in [1.165, 1.54) is 0 Å². The van der Waals surface area contributed by atoms with E-state index in [0.29, 0.717) is 18.4 Å². The number of nitrogens with zero attached hydrogens (tertiary/aromatic N) is 4. The topological polar surface area (TPSA) is 117 Å². The molecule has 26 heavy (non-hydrogen) atoms. The predicted octanol–water partition coefficient (Wildman–Crippen LogP) is 0.0370. The van der Waals surface area contributed by atoms with Crippen molar-refractivity contribution in [1.82, 2.24) is 19.5 Å². The molecule has 7 nitrogen and oxygen atoms in total. The number of fused-ring (bicyclic) bond motifs is 3. The molecule has 0 aromatic carbocycles. The van der Waals surface area contributed by atoms with Gasteiger partial charge in [-0.1, -0.05) is 6.42 Å². The number of aromatic amines is 1. The molecule has 0 amide bonds. The van der Waals surface area contributed by atoms with Gasteiger partial charge >= 0.3 is 29.6 Å². The van der Waals surface area contributed by atoms with Gasteiger partial charge in [-0.15, -0.1) is 0 Å². The maximum Gasteiger partial charge on any atom is 1.00 e. The van der Waals surface area contributed by atoms with Crippen LogP contribution >= 0.6 is 0 Å². The fourth-order valence-corrected chi connectivity index (χ4v) is 3.96. The van der Waals surface area contributed by atoms with Gasteiger partial charge in [0.05, 0.1) is 23.6 Å². The summed E-state index contributed by atoms with van der Waals surface area (Å²) in [5, 5.41) is 9.94. The third kappa shape index (κ3) is 3.55. The Morgan fingerprint density at radius 2 is 2.12 bits per heavy atom. The molecule has 0 aliphatic heterocycles. The summed E-state index contributed by atoms with van der Waals surface area (Å²) in [7, 11) is 0. The van der Waals surface area contributed by atoms with Gasteiger partial charge < -0.3 is 19.8 Å². The third-order valence-corrected chi connectivity index (χ3v) is 5.10. The van der Waals surface area contributed by atoms with E-state index >= 15 is 0 Å². The Morgan fingerprint density at radius 3 is 2.81 bits per heavy atom. The Balaban J connectivity index is 0.00000121. The third-order valence-electron chi connectivity index (χ3n) is 5.10. The Kier molecular flexibility index (Phi) is 6.95. The van der Waals surface area contributed by atoms with Crippen molar-refractivity contribution in [3.63, 3.8) is 0 Å². The van der Waals surface area contributed by atoms with Gasteiger partial charge in [0.25, 0.3) is 0 Å². The summed E-state index contributed by atoms with van der Waals surface area (Å²) in [6.07, 6.45) is 10.6. The molecule has 0 atom stereocenters. The summed E-state index contributed by atoms with van der Waals surface area (Å²) in [5.41, 5.74) is 2.71. The van der Waals surface area contributed by atoms with Crippen LogP contribution in [0.3, 0.4) is 0 Å². The number of hydrogen-bond donors (Lipinski definition) is 1. The first-order valence-electron chi connectivity index (χ1n) is 8.36. The molecule has 0 spiro atoms. The van der Waals surface area contributed by atoms with E-state index in [-0.39, 0.29) is 41.5 Å². The molecule has 3 heterocycles. The van der Waals surface area contributed by atoms with Crippen LogP contribution in [0.2, 0.25) is 0 Å². The zero-order valence-electron chi connectivity index (χ0n) is 14.8. The second-order valence-corrected chi connectivity index (χ2v) is 6.49. The molecule has 0 unspecified atom stereocenters. The number of hydrogen-bond acceptors (Lipinski definition) is 5. The Hall–Kier alpha value is -1.72. The first-order valence-corrected chi connectivity index (χ1v) is 8.36. The van der Waals surface area contributed by atoms with E-state index in [0.717, 1.165) is 53.6 Å². The largest absolute Gasteiger partial charge is 1.00 e. The van der Waals surface area contributed by atoms with E-state index in [4.69, 9.17) is 5.26 Å². The van der Waals surface area contributed by atoms with Crippen molar-refractivity contribution in [3.8, 4) is 6.07 Å². The molecule has 0 saturated heterocycles. The molecule has 2 N–H and O–H groups in total. The van der Waals surface area contributed by atoms with Gasteiger partial charge in [0.15, 0.2) is 0 Å². The Morgan fingerprint density at radius 1 is 1.35 bits per heavy atom. The van der Waals surface area contributed by atoms with Gasteiger partial charge in [-0.3, -0.25) is 6.29 Å². The van der Waals surface area contributed by atoms with Crippen LogP contribution in [-0.4, -0.2) is 31.3 Å². The van der Waals surface area contributed by atoms with Gasteiger partial charge in [0.1, 0.15) is 11.2 Å². The molecular weight excluding hydrogens is 341 g/mol. The van der Waals surface area contributed by atoms with E-state index in [1.54, 1.807) is 6.20 Å². The molecule has 130 valence electrons. The van der Waals surface area contributed by atoms with Gasteiger partial charge in [0.2, 0.25) is 0 Å². The number of pyridine rings is 1. The van der Waals surface area contributed by atoms with Crippen molar-refractivity contribution < 1.29 is 39.8 Å². The normalized spacial score (nSPS) is 19.5. The summed E-state index contributed by atoms with van der Waals surface area (Å²) >= 11 is 0. The maximum absolute atomic E-state index is 11.0. The van der Waals surface area contributed by atoms with Crippen molar-refractivity contribution in [3.05, 3.63) is 24.3 Å². The first-order chi connectivity index (χ1) is 11.8. The summed E-state index contributed by atoms with van der Waals surface area (Å²) in [6.45, 7) is 0. The summed E-state index contributed by atoms with van der Waals surface area (Å²) in [4.78, 5) is 23.2. The van der Waals surface area contributed by atoms with Gasteiger partial charge in [-0.05, 0) is 37.7 Å². The van der Waals surface area contributed by atoms with E-state index < -0.39 is 0 Å². The van der Waals surface area contributed by atoms with E-state index in [9.17, 15) is 4.79 Å². The van der Waals surface area contributed by atoms with Crippen LogP contribution in [0.4, 0.5) is 0 Å². The quantitative estimate of drug-likeness (QED) is 0.521. The van der Waals surface area contributed by atoms with Gasteiger partial charge in [-0.25, -0.2) is 9.97 Å². The molecule has 3 aromatic rings. The minimum atomic E-state index is 0. The van der Waals surface area contributed by atoms with Crippen LogP contribution in [0.1, 0.15) is 44.0 Å². The standard InChI is InChI=1S/C18H18N5O.Na.H2O/c19-8-5-12-1-3-13(4-2-12)23-16(7-10-24)22-15-11-21-18-14(17(15)23)6-9-20-18;;/h6,9,11-13H,1-5,7H2,(H,20,21);;1H2/q-1;+1;/p-1.